The third kappa shape index (κ3) is 4.57. The van der Waals surface area contributed by atoms with E-state index in [2.05, 4.69) is 10.2 Å². The number of carbonyl (C=O) groups excluding carboxylic acids is 1. The summed E-state index contributed by atoms with van der Waals surface area (Å²) in [4.78, 5) is 15.0. The fourth-order valence-corrected chi connectivity index (χ4v) is 5.24. The molecule has 2 fully saturated rings. The van der Waals surface area contributed by atoms with Crippen LogP contribution in [0.1, 0.15) is 49.5 Å². The van der Waals surface area contributed by atoms with Crippen molar-refractivity contribution in [3.63, 3.8) is 0 Å². The lowest BCUT2D eigenvalue weighted by Gasteiger charge is -2.52. The van der Waals surface area contributed by atoms with E-state index in [1.165, 1.54) is 0 Å². The van der Waals surface area contributed by atoms with Gasteiger partial charge < -0.3 is 24.3 Å². The van der Waals surface area contributed by atoms with Crippen LogP contribution in [0.4, 0.5) is 0 Å². The number of likely N-dealkylation sites (tertiary alicyclic amines) is 1. The third-order valence-corrected chi connectivity index (χ3v) is 6.82. The monoisotopic (exact) mass is 428 g/mol. The second-order valence-electron chi connectivity index (χ2n) is 8.59. The minimum absolute atomic E-state index is 0.0511. The zero-order chi connectivity index (χ0) is 21.8. The molecule has 2 N–H and O–H groups in total. The molecule has 168 valence electrons. The van der Waals surface area contributed by atoms with Crippen LogP contribution in [0.25, 0.3) is 0 Å². The van der Waals surface area contributed by atoms with Crippen molar-refractivity contribution in [3.05, 3.63) is 47.9 Å². The smallest absolute Gasteiger partial charge is 0.234 e. The molecule has 1 aromatic carbocycles. The molecule has 7 heteroatoms. The zero-order valence-corrected chi connectivity index (χ0v) is 18.3. The molecule has 31 heavy (non-hydrogen) atoms. The molecule has 2 aromatic rings. The molecule has 0 bridgehead atoms. The predicted molar refractivity (Wildman–Crippen MR) is 116 cm³/mol. The summed E-state index contributed by atoms with van der Waals surface area (Å²) in [6.07, 6.45) is 6.15. The largest absolute Gasteiger partial charge is 0.497 e. The average molecular weight is 429 g/mol. The van der Waals surface area contributed by atoms with Crippen LogP contribution in [-0.4, -0.2) is 48.8 Å². The van der Waals surface area contributed by atoms with Gasteiger partial charge in [0.1, 0.15) is 17.3 Å². The molecular formula is C24H32N2O5. The average Bonchev–Trinajstić information content (AvgIpc) is 3.31. The number of benzene rings is 1. The van der Waals surface area contributed by atoms with Gasteiger partial charge in [-0.25, -0.2) is 0 Å². The summed E-state index contributed by atoms with van der Waals surface area (Å²) in [7, 11) is 3.28. The van der Waals surface area contributed by atoms with Crippen LogP contribution in [0.3, 0.4) is 0 Å². The Balaban J connectivity index is 1.60. The van der Waals surface area contributed by atoms with Crippen LogP contribution in [0.15, 0.2) is 41.0 Å². The van der Waals surface area contributed by atoms with Crippen molar-refractivity contribution in [1.29, 1.82) is 0 Å². The Kier molecular flexibility index (Phi) is 6.53. The summed E-state index contributed by atoms with van der Waals surface area (Å²) in [6.45, 7) is 1.28. The topological polar surface area (TPSA) is 84.2 Å². The van der Waals surface area contributed by atoms with Gasteiger partial charge in [0, 0.05) is 30.1 Å². The molecule has 2 heterocycles. The van der Waals surface area contributed by atoms with Gasteiger partial charge in [-0.15, -0.1) is 0 Å². The summed E-state index contributed by atoms with van der Waals surface area (Å²) < 4.78 is 16.4. The number of fused-ring (bicyclic) bond motifs is 1. The van der Waals surface area contributed by atoms with Crippen molar-refractivity contribution < 1.29 is 23.8 Å². The number of hydrogen-bond acceptors (Lipinski definition) is 6. The van der Waals surface area contributed by atoms with Gasteiger partial charge in [0.05, 0.1) is 39.2 Å². The lowest BCUT2D eigenvalue weighted by atomic mass is 9.66. The fraction of sp³-hybridized carbons (Fsp3) is 0.542. The van der Waals surface area contributed by atoms with Crippen LogP contribution < -0.4 is 14.8 Å². The summed E-state index contributed by atoms with van der Waals surface area (Å²) in [6, 6.07) is 9.35. The van der Waals surface area contributed by atoms with Crippen LogP contribution in [0, 0.1) is 5.92 Å². The number of nitrogens with one attached hydrogen (secondary N) is 1. The number of furan rings is 1. The Morgan fingerprint density at radius 1 is 1.26 bits per heavy atom. The van der Waals surface area contributed by atoms with Crippen LogP contribution in [0.2, 0.25) is 0 Å². The SMILES string of the molecule is COc1ccc([C@H]2C3CCCCC3(O)CCN2CC(=O)NCc2ccco2)c(OC)c1. The van der Waals surface area contributed by atoms with Crippen molar-refractivity contribution in [2.24, 2.45) is 5.92 Å². The van der Waals surface area contributed by atoms with E-state index in [1.807, 2.05) is 30.3 Å². The molecule has 2 aliphatic rings. The lowest BCUT2D eigenvalue weighted by Crippen LogP contribution is -2.56. The maximum Gasteiger partial charge on any atom is 0.234 e. The number of nitrogens with zero attached hydrogens (tertiary/aromatic N) is 1. The standard InChI is InChI=1S/C24H32N2O5/c1-29-17-8-9-19(21(14-17)30-2)23-20-7-3-4-10-24(20,28)11-12-26(23)16-22(27)25-15-18-6-5-13-31-18/h5-6,8-9,13-14,20,23,28H,3-4,7,10-12,15-16H2,1-2H3,(H,25,27)/t20?,23-,24?/m0/s1. The van der Waals surface area contributed by atoms with E-state index < -0.39 is 5.60 Å². The number of ether oxygens (including phenoxy) is 2. The first-order valence-electron chi connectivity index (χ1n) is 11.0. The Bertz CT molecular complexity index is 884. The maximum atomic E-state index is 12.8. The molecule has 1 aromatic heterocycles. The summed E-state index contributed by atoms with van der Waals surface area (Å²) in [5, 5.41) is 14.4. The van der Waals surface area contributed by atoms with Gasteiger partial charge in [0.25, 0.3) is 0 Å². The number of aliphatic hydroxyl groups is 1. The number of hydrogen-bond donors (Lipinski definition) is 2. The molecular weight excluding hydrogens is 396 g/mol. The van der Waals surface area contributed by atoms with Crippen LogP contribution in [0.5, 0.6) is 11.5 Å². The van der Waals surface area contributed by atoms with Crippen molar-refractivity contribution in [1.82, 2.24) is 10.2 Å². The highest BCUT2D eigenvalue weighted by Crippen LogP contribution is 2.51. The Morgan fingerprint density at radius 3 is 2.87 bits per heavy atom. The molecule has 1 saturated heterocycles. The molecule has 0 spiro atoms. The van der Waals surface area contributed by atoms with E-state index in [9.17, 15) is 9.90 Å². The lowest BCUT2D eigenvalue weighted by molar-refractivity contribution is -0.138. The van der Waals surface area contributed by atoms with Gasteiger partial charge in [0.15, 0.2) is 0 Å². The van der Waals surface area contributed by atoms with Gasteiger partial charge in [-0.2, -0.15) is 0 Å². The fourth-order valence-electron chi connectivity index (χ4n) is 5.24. The molecule has 4 rings (SSSR count). The van der Waals surface area contributed by atoms with Gasteiger partial charge in [0.2, 0.25) is 5.91 Å². The highest BCUT2D eigenvalue weighted by molar-refractivity contribution is 5.78. The Hall–Kier alpha value is -2.51. The maximum absolute atomic E-state index is 12.8. The number of rotatable bonds is 7. The molecule has 2 unspecified atom stereocenters. The van der Waals surface area contributed by atoms with Crippen LogP contribution >= 0.6 is 0 Å². The normalized spacial score (nSPS) is 26.2. The number of carbonyl (C=O) groups is 1. The quantitative estimate of drug-likeness (QED) is 0.704. The number of methoxy groups -OCH3 is 2. The first-order chi connectivity index (χ1) is 15.0. The second kappa shape index (κ2) is 9.32. The Morgan fingerprint density at radius 2 is 2.13 bits per heavy atom. The van der Waals surface area contributed by atoms with Gasteiger partial charge >= 0.3 is 0 Å². The summed E-state index contributed by atoms with van der Waals surface area (Å²) in [5.74, 6) is 2.16. The highest BCUT2D eigenvalue weighted by Gasteiger charge is 2.49. The molecule has 1 aliphatic carbocycles. The number of piperidine rings is 1. The first kappa shape index (κ1) is 21.7. The van der Waals surface area contributed by atoms with E-state index in [4.69, 9.17) is 13.9 Å². The molecule has 3 atom stereocenters. The van der Waals surface area contributed by atoms with Crippen molar-refractivity contribution in [2.75, 3.05) is 27.3 Å². The minimum Gasteiger partial charge on any atom is -0.497 e. The number of amides is 1. The zero-order valence-electron chi connectivity index (χ0n) is 18.3. The van der Waals surface area contributed by atoms with Gasteiger partial charge in [-0.1, -0.05) is 18.9 Å². The van der Waals surface area contributed by atoms with E-state index in [0.717, 1.165) is 48.5 Å². The summed E-state index contributed by atoms with van der Waals surface area (Å²) in [5.41, 5.74) is 0.293. The molecule has 1 aliphatic heterocycles. The Labute approximate surface area is 183 Å². The minimum atomic E-state index is -0.699. The molecule has 1 amide bonds. The van der Waals surface area contributed by atoms with Crippen molar-refractivity contribution in [3.8, 4) is 11.5 Å². The summed E-state index contributed by atoms with van der Waals surface area (Å²) >= 11 is 0. The van der Waals surface area contributed by atoms with E-state index in [1.54, 1.807) is 20.5 Å². The van der Waals surface area contributed by atoms with Crippen LogP contribution in [-0.2, 0) is 11.3 Å². The highest BCUT2D eigenvalue weighted by atomic mass is 16.5. The molecule has 0 radical (unpaired) electrons. The molecule has 7 nitrogen and oxygen atoms in total. The van der Waals surface area contributed by atoms with Gasteiger partial charge in [-0.3, -0.25) is 9.69 Å². The third-order valence-electron chi connectivity index (χ3n) is 6.82. The van der Waals surface area contributed by atoms with E-state index in [0.29, 0.717) is 19.5 Å². The van der Waals surface area contributed by atoms with Gasteiger partial charge in [-0.05, 0) is 37.5 Å². The first-order valence-corrected chi connectivity index (χ1v) is 11.0. The van der Waals surface area contributed by atoms with E-state index >= 15 is 0 Å². The molecule has 1 saturated carbocycles. The predicted octanol–water partition coefficient (Wildman–Crippen LogP) is 3.28. The van der Waals surface area contributed by atoms with E-state index in [-0.39, 0.29) is 24.4 Å². The second-order valence-corrected chi connectivity index (χ2v) is 8.59. The van der Waals surface area contributed by atoms with Crippen molar-refractivity contribution in [2.45, 2.75) is 50.3 Å². The van der Waals surface area contributed by atoms with Crippen molar-refractivity contribution >= 4 is 5.91 Å².